The number of nitrogens with zero attached hydrogens (tertiary/aromatic N) is 2. The topological polar surface area (TPSA) is 77.7 Å². The van der Waals surface area contributed by atoms with Crippen molar-refractivity contribution in [2.75, 3.05) is 32.1 Å². The van der Waals surface area contributed by atoms with Crippen molar-refractivity contribution in [1.29, 1.82) is 0 Å². The number of amides is 3. The molecule has 0 aliphatic rings. The summed E-state index contributed by atoms with van der Waals surface area (Å²) in [4.78, 5) is 32.9. The number of fused-ring (bicyclic) bond motifs is 1. The Morgan fingerprint density at radius 2 is 1.63 bits per heavy atom. The van der Waals surface area contributed by atoms with E-state index in [1.165, 1.54) is 23.1 Å². The maximum atomic E-state index is 13.7. The smallest absolute Gasteiger partial charge is 0.418 e. The van der Waals surface area contributed by atoms with Gasteiger partial charge in [0.2, 0.25) is 5.91 Å². The van der Waals surface area contributed by atoms with Crippen LogP contribution in [0.2, 0.25) is 0 Å². The molecule has 0 saturated carbocycles. The van der Waals surface area contributed by atoms with E-state index in [9.17, 15) is 22.8 Å². The van der Waals surface area contributed by atoms with Gasteiger partial charge in [0.1, 0.15) is 12.3 Å². The fourth-order valence-corrected chi connectivity index (χ4v) is 4.66. The molecule has 2 N–H and O–H groups in total. The Morgan fingerprint density at radius 1 is 0.927 bits per heavy atom. The number of H-pyrrole nitrogens is 1. The summed E-state index contributed by atoms with van der Waals surface area (Å²) < 4.78 is 45.7. The number of carbonyl (C=O) groups excluding carboxylic acids is 2. The molecule has 4 rings (SSSR count). The molecule has 1 aromatic heterocycles. The van der Waals surface area contributed by atoms with Crippen molar-refractivity contribution in [1.82, 2.24) is 14.8 Å². The molecule has 0 unspecified atom stereocenters. The van der Waals surface area contributed by atoms with Gasteiger partial charge in [0.25, 0.3) is 0 Å². The van der Waals surface area contributed by atoms with Crippen LogP contribution < -0.4 is 10.1 Å². The second-order valence-electron chi connectivity index (χ2n) is 9.67. The number of hydrogen-bond acceptors (Lipinski definition) is 3. The minimum absolute atomic E-state index is 0.199. The molecule has 0 atom stereocenters. The standard InChI is InChI=1S/C31H33F3N4O3/c1-3-17-38(30(40)36-28-11-7-5-9-26(28)31(32,33)34)21-29(39)37(20-22-12-14-24(41-2)15-13-22)18-16-23-19-35-27-10-6-4-8-25(23)27/h4-15,19,35H,3,16-18,20-21H2,1-2H3,(H,36,40). The lowest BCUT2D eigenvalue weighted by atomic mass is 10.1. The Balaban J connectivity index is 1.52. The van der Waals surface area contributed by atoms with Gasteiger partial charge < -0.3 is 24.8 Å². The molecule has 10 heteroatoms. The third-order valence-corrected chi connectivity index (χ3v) is 6.79. The van der Waals surface area contributed by atoms with Crippen LogP contribution in [0.3, 0.4) is 0 Å². The molecule has 0 bridgehead atoms. The largest absolute Gasteiger partial charge is 0.497 e. The third-order valence-electron chi connectivity index (χ3n) is 6.79. The van der Waals surface area contributed by atoms with Crippen LogP contribution in [-0.2, 0) is 23.9 Å². The highest BCUT2D eigenvalue weighted by molar-refractivity contribution is 5.93. The molecular weight excluding hydrogens is 533 g/mol. The molecule has 0 radical (unpaired) electrons. The summed E-state index contributed by atoms with van der Waals surface area (Å²) in [6.45, 7) is 2.43. The molecule has 0 spiro atoms. The third kappa shape index (κ3) is 7.59. The maximum absolute atomic E-state index is 13.7. The van der Waals surface area contributed by atoms with E-state index in [4.69, 9.17) is 4.74 Å². The molecule has 0 fully saturated rings. The maximum Gasteiger partial charge on any atom is 0.418 e. The van der Waals surface area contributed by atoms with Crippen LogP contribution >= 0.6 is 0 Å². The zero-order chi connectivity index (χ0) is 29.4. The normalized spacial score (nSPS) is 11.3. The molecule has 4 aromatic rings. The quantitative estimate of drug-likeness (QED) is 0.212. The molecule has 3 amide bonds. The van der Waals surface area contributed by atoms with Gasteiger partial charge in [0.15, 0.2) is 0 Å². The van der Waals surface area contributed by atoms with Crippen molar-refractivity contribution >= 4 is 28.5 Å². The summed E-state index contributed by atoms with van der Waals surface area (Å²) in [6.07, 6.45) is -1.61. The Kier molecular flexibility index (Phi) is 9.54. The number of rotatable bonds is 11. The van der Waals surface area contributed by atoms with Gasteiger partial charge in [-0.25, -0.2) is 4.79 Å². The zero-order valence-electron chi connectivity index (χ0n) is 23.0. The van der Waals surface area contributed by atoms with Gasteiger partial charge >= 0.3 is 12.2 Å². The Morgan fingerprint density at radius 3 is 2.34 bits per heavy atom. The molecule has 3 aromatic carbocycles. The number of aromatic nitrogens is 1. The number of ether oxygens (including phenoxy) is 1. The van der Waals surface area contributed by atoms with Crippen molar-refractivity contribution in [3.8, 4) is 5.75 Å². The molecule has 0 aliphatic carbocycles. The predicted octanol–water partition coefficient (Wildman–Crippen LogP) is 6.71. The van der Waals surface area contributed by atoms with Gasteiger partial charge in [-0.2, -0.15) is 13.2 Å². The first kappa shape index (κ1) is 29.5. The molecule has 1 heterocycles. The number of halogens is 3. The molecule has 216 valence electrons. The number of alkyl halides is 3. The number of urea groups is 1. The number of carbonyl (C=O) groups is 2. The summed E-state index contributed by atoms with van der Waals surface area (Å²) in [7, 11) is 1.58. The van der Waals surface area contributed by atoms with E-state index in [2.05, 4.69) is 10.3 Å². The summed E-state index contributed by atoms with van der Waals surface area (Å²) in [5.74, 6) is 0.378. The van der Waals surface area contributed by atoms with Crippen LogP contribution in [0.15, 0.2) is 79.0 Å². The number of methoxy groups -OCH3 is 1. The number of nitrogens with one attached hydrogen (secondary N) is 2. The van der Waals surface area contributed by atoms with Crippen LogP contribution in [0, 0.1) is 0 Å². The van der Waals surface area contributed by atoms with Crippen molar-refractivity contribution in [3.63, 3.8) is 0 Å². The highest BCUT2D eigenvalue weighted by Crippen LogP contribution is 2.34. The highest BCUT2D eigenvalue weighted by Gasteiger charge is 2.34. The molecule has 41 heavy (non-hydrogen) atoms. The van der Waals surface area contributed by atoms with E-state index in [0.717, 1.165) is 28.1 Å². The Bertz CT molecular complexity index is 1470. The van der Waals surface area contributed by atoms with Crippen LogP contribution in [0.5, 0.6) is 5.75 Å². The molecule has 0 saturated heterocycles. The molecule has 0 aliphatic heterocycles. The summed E-state index contributed by atoms with van der Waals surface area (Å²) >= 11 is 0. The van der Waals surface area contributed by atoms with Crippen molar-refractivity contribution < 1.29 is 27.5 Å². The SMILES string of the molecule is CCCN(CC(=O)N(CCc1c[nH]c2ccccc12)Cc1ccc(OC)cc1)C(=O)Nc1ccccc1C(F)(F)F. The fraction of sp³-hybridized carbons (Fsp3) is 0.290. The van der Waals surface area contributed by atoms with Gasteiger partial charge in [0.05, 0.1) is 18.4 Å². The zero-order valence-corrected chi connectivity index (χ0v) is 23.0. The average Bonchev–Trinajstić information content (AvgIpc) is 3.38. The van der Waals surface area contributed by atoms with Gasteiger partial charge in [-0.1, -0.05) is 49.4 Å². The number of aromatic amines is 1. The van der Waals surface area contributed by atoms with Crippen molar-refractivity contribution in [2.24, 2.45) is 0 Å². The number of para-hydroxylation sites is 2. The molecule has 7 nitrogen and oxygen atoms in total. The minimum atomic E-state index is -4.63. The number of anilines is 1. The highest BCUT2D eigenvalue weighted by atomic mass is 19.4. The van der Waals surface area contributed by atoms with Crippen LogP contribution in [0.25, 0.3) is 10.9 Å². The molecular formula is C31H33F3N4O3. The summed E-state index contributed by atoms with van der Waals surface area (Å²) in [6, 6.07) is 19.3. The summed E-state index contributed by atoms with van der Waals surface area (Å²) in [5, 5.41) is 3.43. The van der Waals surface area contributed by atoms with Crippen molar-refractivity contribution in [2.45, 2.75) is 32.5 Å². The van der Waals surface area contributed by atoms with E-state index in [1.54, 1.807) is 12.0 Å². The van der Waals surface area contributed by atoms with E-state index in [-0.39, 0.29) is 24.7 Å². The monoisotopic (exact) mass is 566 g/mol. The van der Waals surface area contributed by atoms with Crippen LogP contribution in [-0.4, -0.2) is 53.5 Å². The lowest BCUT2D eigenvalue weighted by Gasteiger charge is -2.28. The van der Waals surface area contributed by atoms with Gasteiger partial charge in [-0.3, -0.25) is 4.79 Å². The second kappa shape index (κ2) is 13.3. The number of benzene rings is 3. The van der Waals surface area contributed by atoms with Gasteiger partial charge in [-0.05, 0) is 54.3 Å². The van der Waals surface area contributed by atoms with E-state index in [0.29, 0.717) is 31.7 Å². The van der Waals surface area contributed by atoms with Gasteiger partial charge in [0, 0.05) is 36.7 Å². The van der Waals surface area contributed by atoms with E-state index >= 15 is 0 Å². The Labute approximate surface area is 236 Å². The first-order valence-electron chi connectivity index (χ1n) is 13.4. The van der Waals surface area contributed by atoms with E-state index in [1.807, 2.05) is 61.7 Å². The Hall–Kier alpha value is -4.47. The van der Waals surface area contributed by atoms with Gasteiger partial charge in [-0.15, -0.1) is 0 Å². The average molecular weight is 567 g/mol. The van der Waals surface area contributed by atoms with Crippen LogP contribution in [0.4, 0.5) is 23.7 Å². The number of hydrogen-bond donors (Lipinski definition) is 2. The minimum Gasteiger partial charge on any atom is -0.497 e. The van der Waals surface area contributed by atoms with E-state index < -0.39 is 17.8 Å². The first-order valence-corrected chi connectivity index (χ1v) is 13.4. The lowest BCUT2D eigenvalue weighted by molar-refractivity contribution is -0.137. The lowest BCUT2D eigenvalue weighted by Crippen LogP contribution is -2.45. The first-order chi connectivity index (χ1) is 19.7. The van der Waals surface area contributed by atoms with Crippen molar-refractivity contribution in [3.05, 3.63) is 95.7 Å². The van der Waals surface area contributed by atoms with Crippen LogP contribution in [0.1, 0.15) is 30.0 Å². The second-order valence-corrected chi connectivity index (χ2v) is 9.67. The summed E-state index contributed by atoms with van der Waals surface area (Å²) in [5.41, 5.74) is 1.63. The fourth-order valence-electron chi connectivity index (χ4n) is 4.66. The predicted molar refractivity (Wildman–Crippen MR) is 153 cm³/mol.